The molecule has 0 spiro atoms. The zero-order chi connectivity index (χ0) is 15.1. The van der Waals surface area contributed by atoms with Gasteiger partial charge in [0, 0.05) is 3.57 Å². The van der Waals surface area contributed by atoms with E-state index in [1.165, 1.54) is 15.2 Å². The van der Waals surface area contributed by atoms with Gasteiger partial charge in [0.15, 0.2) is 0 Å². The Labute approximate surface area is 140 Å². The van der Waals surface area contributed by atoms with Crippen LogP contribution in [0.25, 0.3) is 0 Å². The number of nitrogens with one attached hydrogen (secondary N) is 1. The molecule has 0 radical (unpaired) electrons. The topological polar surface area (TPSA) is 12.0 Å². The van der Waals surface area contributed by atoms with Crippen molar-refractivity contribution in [2.45, 2.75) is 19.8 Å². The van der Waals surface area contributed by atoms with Gasteiger partial charge in [0.25, 0.3) is 0 Å². The Balaban J connectivity index is 2.04. The van der Waals surface area contributed by atoms with Gasteiger partial charge in [0.05, 0.1) is 0 Å². The van der Waals surface area contributed by atoms with Crippen molar-refractivity contribution >= 4 is 22.6 Å². The van der Waals surface area contributed by atoms with Crippen LogP contribution in [-0.4, -0.2) is 13.1 Å². The van der Waals surface area contributed by atoms with Crippen molar-refractivity contribution in [3.8, 4) is 0 Å². The van der Waals surface area contributed by atoms with Crippen LogP contribution in [0.5, 0.6) is 0 Å². The maximum Gasteiger partial charge on any atom is 0.123 e. The number of halogens is 2. The molecule has 1 N–H and O–H groups in total. The van der Waals surface area contributed by atoms with Gasteiger partial charge in [0.1, 0.15) is 5.82 Å². The number of benzene rings is 2. The van der Waals surface area contributed by atoms with Crippen LogP contribution in [0.15, 0.2) is 48.5 Å². The summed E-state index contributed by atoms with van der Waals surface area (Å²) in [4.78, 5) is 0. The van der Waals surface area contributed by atoms with E-state index < -0.39 is 0 Å². The Morgan fingerprint density at radius 3 is 2.43 bits per heavy atom. The fraction of sp³-hybridized carbons (Fsp3) is 0.333. The second-order valence-corrected chi connectivity index (χ2v) is 6.58. The fourth-order valence-corrected chi connectivity index (χ4v) is 2.88. The van der Waals surface area contributed by atoms with Crippen molar-refractivity contribution in [3.63, 3.8) is 0 Å². The second-order valence-electron chi connectivity index (χ2n) is 5.34. The van der Waals surface area contributed by atoms with Crippen LogP contribution in [0.3, 0.4) is 0 Å². The molecule has 112 valence electrons. The van der Waals surface area contributed by atoms with E-state index in [1.54, 1.807) is 12.1 Å². The van der Waals surface area contributed by atoms with Crippen molar-refractivity contribution in [2.75, 3.05) is 13.1 Å². The molecule has 0 amide bonds. The predicted molar refractivity (Wildman–Crippen MR) is 95.0 cm³/mol. The molecule has 0 aliphatic heterocycles. The van der Waals surface area contributed by atoms with Gasteiger partial charge in [-0.15, -0.1) is 0 Å². The lowest BCUT2D eigenvalue weighted by Gasteiger charge is -2.18. The molecule has 3 heteroatoms. The Kier molecular flexibility index (Phi) is 6.64. The number of hydrogen-bond acceptors (Lipinski definition) is 1. The highest BCUT2D eigenvalue weighted by Gasteiger charge is 2.11. The molecule has 2 rings (SSSR count). The molecule has 1 unspecified atom stereocenters. The smallest absolute Gasteiger partial charge is 0.123 e. The van der Waals surface area contributed by atoms with Gasteiger partial charge >= 0.3 is 0 Å². The van der Waals surface area contributed by atoms with Crippen molar-refractivity contribution < 1.29 is 4.39 Å². The van der Waals surface area contributed by atoms with E-state index in [2.05, 4.69) is 59.1 Å². The summed E-state index contributed by atoms with van der Waals surface area (Å²) in [6.45, 7) is 4.04. The molecule has 0 aromatic heterocycles. The first-order chi connectivity index (χ1) is 10.2. The van der Waals surface area contributed by atoms with E-state index in [1.807, 2.05) is 6.07 Å². The summed E-state index contributed by atoms with van der Waals surface area (Å²) in [6.07, 6.45) is 1.91. The van der Waals surface area contributed by atoms with Gasteiger partial charge in [-0.05, 0) is 89.8 Å². The lowest BCUT2D eigenvalue weighted by molar-refractivity contribution is 0.477. The van der Waals surface area contributed by atoms with E-state index >= 15 is 0 Å². The molecule has 0 fully saturated rings. The summed E-state index contributed by atoms with van der Waals surface area (Å²) >= 11 is 2.32. The minimum atomic E-state index is -0.149. The third kappa shape index (κ3) is 5.75. The second kappa shape index (κ2) is 8.49. The molecule has 0 saturated carbocycles. The molecule has 1 nitrogen and oxygen atoms in total. The first-order valence-electron chi connectivity index (χ1n) is 7.37. The van der Waals surface area contributed by atoms with Crippen molar-refractivity contribution in [1.29, 1.82) is 0 Å². The van der Waals surface area contributed by atoms with Gasteiger partial charge in [-0.1, -0.05) is 31.2 Å². The normalized spacial score (nSPS) is 12.3. The summed E-state index contributed by atoms with van der Waals surface area (Å²) in [6, 6.07) is 15.6. The average molecular weight is 397 g/mol. The quantitative estimate of drug-likeness (QED) is 0.682. The summed E-state index contributed by atoms with van der Waals surface area (Å²) in [5.41, 5.74) is 2.41. The van der Waals surface area contributed by atoms with Gasteiger partial charge < -0.3 is 5.32 Å². The zero-order valence-electron chi connectivity index (χ0n) is 12.3. The molecule has 0 aliphatic rings. The monoisotopic (exact) mass is 397 g/mol. The van der Waals surface area contributed by atoms with Crippen LogP contribution >= 0.6 is 22.6 Å². The summed E-state index contributed by atoms with van der Waals surface area (Å²) < 4.78 is 14.6. The van der Waals surface area contributed by atoms with Crippen LogP contribution in [-0.2, 0) is 12.8 Å². The lowest BCUT2D eigenvalue weighted by Crippen LogP contribution is -2.25. The molecule has 1 atom stereocenters. The minimum absolute atomic E-state index is 0.149. The van der Waals surface area contributed by atoms with Gasteiger partial charge in [-0.3, -0.25) is 0 Å². The summed E-state index contributed by atoms with van der Waals surface area (Å²) in [5, 5.41) is 3.42. The zero-order valence-corrected chi connectivity index (χ0v) is 14.4. The molecular formula is C18H21FIN. The number of hydrogen-bond donors (Lipinski definition) is 1. The lowest BCUT2D eigenvalue weighted by atomic mass is 9.92. The van der Waals surface area contributed by atoms with Crippen LogP contribution in [0, 0.1) is 15.3 Å². The highest BCUT2D eigenvalue weighted by Crippen LogP contribution is 2.16. The van der Waals surface area contributed by atoms with E-state index in [9.17, 15) is 4.39 Å². The van der Waals surface area contributed by atoms with Gasteiger partial charge in [-0.25, -0.2) is 4.39 Å². The standard InChI is InChI=1S/C18H21FIN/c1-2-21-13-16(10-14-6-8-18(20)9-7-14)11-15-4-3-5-17(19)12-15/h3-9,12,16,21H,2,10-11,13H2,1H3. The summed E-state index contributed by atoms with van der Waals surface area (Å²) in [7, 11) is 0. The first-order valence-corrected chi connectivity index (χ1v) is 8.45. The third-order valence-corrected chi connectivity index (χ3v) is 4.25. The maximum absolute atomic E-state index is 13.3. The van der Waals surface area contributed by atoms with E-state index in [0.717, 1.165) is 31.5 Å². The van der Waals surface area contributed by atoms with Crippen LogP contribution in [0.4, 0.5) is 4.39 Å². The Hall–Kier alpha value is -0.940. The largest absolute Gasteiger partial charge is 0.317 e. The molecule has 2 aromatic carbocycles. The van der Waals surface area contributed by atoms with E-state index in [0.29, 0.717) is 5.92 Å². The van der Waals surface area contributed by atoms with Crippen LogP contribution in [0.2, 0.25) is 0 Å². The molecule has 0 bridgehead atoms. The van der Waals surface area contributed by atoms with Crippen LogP contribution < -0.4 is 5.32 Å². The number of rotatable bonds is 7. The first kappa shape index (κ1) is 16.4. The van der Waals surface area contributed by atoms with Crippen molar-refractivity contribution in [2.24, 2.45) is 5.92 Å². The average Bonchev–Trinajstić information content (AvgIpc) is 2.47. The molecule has 2 aromatic rings. The molecule has 0 heterocycles. The fourth-order valence-electron chi connectivity index (χ4n) is 2.52. The van der Waals surface area contributed by atoms with E-state index in [4.69, 9.17) is 0 Å². The maximum atomic E-state index is 13.3. The Bertz CT molecular complexity index is 553. The summed E-state index contributed by atoms with van der Waals surface area (Å²) in [5.74, 6) is 0.329. The third-order valence-electron chi connectivity index (χ3n) is 3.53. The SMILES string of the molecule is CCNCC(Cc1ccc(I)cc1)Cc1cccc(F)c1. The molecular weight excluding hydrogens is 376 g/mol. The molecule has 21 heavy (non-hydrogen) atoms. The van der Waals surface area contributed by atoms with Crippen LogP contribution in [0.1, 0.15) is 18.1 Å². The molecule has 0 aliphatic carbocycles. The highest BCUT2D eigenvalue weighted by molar-refractivity contribution is 14.1. The minimum Gasteiger partial charge on any atom is -0.317 e. The highest BCUT2D eigenvalue weighted by atomic mass is 127. The Morgan fingerprint density at radius 2 is 1.76 bits per heavy atom. The van der Waals surface area contributed by atoms with Gasteiger partial charge in [-0.2, -0.15) is 0 Å². The molecule has 0 saturated heterocycles. The van der Waals surface area contributed by atoms with Crippen molar-refractivity contribution in [1.82, 2.24) is 5.32 Å². The van der Waals surface area contributed by atoms with Gasteiger partial charge in [0.2, 0.25) is 0 Å². The predicted octanol–water partition coefficient (Wildman–Crippen LogP) is 4.44. The Morgan fingerprint density at radius 1 is 1.05 bits per heavy atom. The van der Waals surface area contributed by atoms with Crippen molar-refractivity contribution in [3.05, 3.63) is 69.0 Å². The van der Waals surface area contributed by atoms with E-state index in [-0.39, 0.29) is 5.82 Å².